The monoisotopic (exact) mass is 183 g/mol. The average Bonchev–Trinajstić information content (AvgIpc) is 2.29. The first kappa shape index (κ1) is 9.72. The summed E-state index contributed by atoms with van der Waals surface area (Å²) in [6.07, 6.45) is 2.26. The lowest BCUT2D eigenvalue weighted by Crippen LogP contribution is -1.92. The predicted octanol–water partition coefficient (Wildman–Crippen LogP) is 3.21. The summed E-state index contributed by atoms with van der Waals surface area (Å²) < 4.78 is 0. The first-order chi connectivity index (χ1) is 5.63. The number of rotatable bonds is 3. The highest BCUT2D eigenvalue weighted by molar-refractivity contribution is 7.11. The molecule has 0 radical (unpaired) electrons. The topological polar surface area (TPSA) is 12.9 Å². The molecule has 0 saturated heterocycles. The van der Waals surface area contributed by atoms with E-state index < -0.39 is 0 Å². The van der Waals surface area contributed by atoms with Gasteiger partial charge in [-0.1, -0.05) is 20.8 Å². The Morgan fingerprint density at radius 2 is 2.08 bits per heavy atom. The van der Waals surface area contributed by atoms with Crippen LogP contribution in [0, 0.1) is 12.8 Å². The van der Waals surface area contributed by atoms with Crippen LogP contribution < -0.4 is 0 Å². The largest absolute Gasteiger partial charge is 0.246 e. The van der Waals surface area contributed by atoms with E-state index in [0.29, 0.717) is 0 Å². The highest BCUT2D eigenvalue weighted by Gasteiger charge is 2.06. The van der Waals surface area contributed by atoms with Crippen LogP contribution in [0.15, 0.2) is 0 Å². The Kier molecular flexibility index (Phi) is 3.27. The van der Waals surface area contributed by atoms with Crippen molar-refractivity contribution >= 4 is 11.3 Å². The molecule has 0 aliphatic heterocycles. The first-order valence-electron chi connectivity index (χ1n) is 4.58. The van der Waals surface area contributed by atoms with E-state index in [1.807, 2.05) is 11.3 Å². The number of aryl methyl sites for hydroxylation is 2. The van der Waals surface area contributed by atoms with Crippen molar-refractivity contribution in [3.63, 3.8) is 0 Å². The highest BCUT2D eigenvalue weighted by atomic mass is 32.1. The third-order valence-corrected chi connectivity index (χ3v) is 3.17. The van der Waals surface area contributed by atoms with Crippen molar-refractivity contribution in [2.75, 3.05) is 0 Å². The lowest BCUT2D eigenvalue weighted by molar-refractivity contribution is 0.643. The van der Waals surface area contributed by atoms with Crippen LogP contribution in [0.2, 0.25) is 0 Å². The zero-order valence-corrected chi connectivity index (χ0v) is 9.16. The Hall–Kier alpha value is -0.370. The molecule has 0 unspecified atom stereocenters. The molecule has 0 bridgehead atoms. The van der Waals surface area contributed by atoms with Crippen molar-refractivity contribution in [3.8, 4) is 0 Å². The van der Waals surface area contributed by atoms with Gasteiger partial charge in [-0.05, 0) is 19.3 Å². The maximum absolute atomic E-state index is 4.54. The molecule has 2 heteroatoms. The van der Waals surface area contributed by atoms with Gasteiger partial charge in [-0.2, -0.15) is 0 Å². The maximum Gasteiger partial charge on any atom is 0.0933 e. The Morgan fingerprint density at radius 3 is 2.50 bits per heavy atom. The fourth-order valence-corrected chi connectivity index (χ4v) is 2.47. The smallest absolute Gasteiger partial charge is 0.0933 e. The molecule has 1 nitrogen and oxygen atoms in total. The van der Waals surface area contributed by atoms with Crippen LogP contribution >= 0.6 is 11.3 Å². The Balaban J connectivity index is 2.75. The number of thiazole rings is 1. The fourth-order valence-electron chi connectivity index (χ4n) is 1.25. The van der Waals surface area contributed by atoms with Crippen LogP contribution in [-0.2, 0) is 12.8 Å². The molecule has 1 heterocycles. The van der Waals surface area contributed by atoms with Gasteiger partial charge in [0.05, 0.1) is 10.7 Å². The van der Waals surface area contributed by atoms with Gasteiger partial charge in [-0.15, -0.1) is 11.3 Å². The van der Waals surface area contributed by atoms with E-state index in [9.17, 15) is 0 Å². The molecule has 68 valence electrons. The molecule has 0 aromatic carbocycles. The van der Waals surface area contributed by atoms with Crippen molar-refractivity contribution < 1.29 is 0 Å². The van der Waals surface area contributed by atoms with Gasteiger partial charge >= 0.3 is 0 Å². The van der Waals surface area contributed by atoms with Gasteiger partial charge in [0.2, 0.25) is 0 Å². The third kappa shape index (κ3) is 2.31. The van der Waals surface area contributed by atoms with Crippen molar-refractivity contribution in [2.45, 2.75) is 40.5 Å². The minimum Gasteiger partial charge on any atom is -0.246 e. The van der Waals surface area contributed by atoms with Crippen LogP contribution in [0.25, 0.3) is 0 Å². The second-order valence-electron chi connectivity index (χ2n) is 3.57. The van der Waals surface area contributed by atoms with Gasteiger partial charge in [0.15, 0.2) is 0 Å². The van der Waals surface area contributed by atoms with Crippen molar-refractivity contribution in [3.05, 3.63) is 15.6 Å². The molecular weight excluding hydrogens is 166 g/mol. The van der Waals surface area contributed by atoms with E-state index in [1.165, 1.54) is 15.6 Å². The molecule has 1 aromatic rings. The fraction of sp³-hybridized carbons (Fsp3) is 0.700. The standard InChI is InChI=1S/C10H17NS/c1-5-9-8(4)11-10(12-9)6-7(2)3/h7H,5-6H2,1-4H3. The van der Waals surface area contributed by atoms with Gasteiger partial charge < -0.3 is 0 Å². The molecule has 0 aliphatic rings. The van der Waals surface area contributed by atoms with Gasteiger partial charge in [0, 0.05) is 11.3 Å². The van der Waals surface area contributed by atoms with Crippen molar-refractivity contribution in [2.24, 2.45) is 5.92 Å². The summed E-state index contributed by atoms with van der Waals surface area (Å²) in [5, 5.41) is 1.30. The minimum atomic E-state index is 0.722. The van der Waals surface area contributed by atoms with Gasteiger partial charge in [0.1, 0.15) is 0 Å². The van der Waals surface area contributed by atoms with Crippen LogP contribution in [0.5, 0.6) is 0 Å². The molecule has 0 atom stereocenters. The Labute approximate surface area is 78.8 Å². The van der Waals surface area contributed by atoms with Gasteiger partial charge in [-0.3, -0.25) is 0 Å². The minimum absolute atomic E-state index is 0.722. The SMILES string of the molecule is CCc1sc(CC(C)C)nc1C. The molecule has 0 fully saturated rings. The molecule has 12 heavy (non-hydrogen) atoms. The van der Waals surface area contributed by atoms with Crippen LogP contribution in [0.1, 0.15) is 36.3 Å². The molecule has 0 saturated carbocycles. The second-order valence-corrected chi connectivity index (χ2v) is 4.74. The van der Waals surface area contributed by atoms with Crippen molar-refractivity contribution in [1.29, 1.82) is 0 Å². The quantitative estimate of drug-likeness (QED) is 0.701. The summed E-state index contributed by atoms with van der Waals surface area (Å²) >= 11 is 1.88. The van der Waals surface area contributed by atoms with Crippen LogP contribution in [-0.4, -0.2) is 4.98 Å². The normalized spacial score (nSPS) is 11.1. The summed E-state index contributed by atoms with van der Waals surface area (Å²) in [6, 6.07) is 0. The van der Waals surface area contributed by atoms with E-state index >= 15 is 0 Å². The molecule has 0 aliphatic carbocycles. The number of hydrogen-bond donors (Lipinski definition) is 0. The summed E-state index contributed by atoms with van der Waals surface area (Å²) in [5.41, 5.74) is 1.23. The molecule has 1 aromatic heterocycles. The Morgan fingerprint density at radius 1 is 1.42 bits per heavy atom. The zero-order valence-electron chi connectivity index (χ0n) is 8.35. The van der Waals surface area contributed by atoms with Gasteiger partial charge in [-0.25, -0.2) is 4.98 Å². The van der Waals surface area contributed by atoms with E-state index in [-0.39, 0.29) is 0 Å². The van der Waals surface area contributed by atoms with E-state index in [1.54, 1.807) is 0 Å². The lowest BCUT2D eigenvalue weighted by atomic mass is 10.1. The highest BCUT2D eigenvalue weighted by Crippen LogP contribution is 2.20. The summed E-state index contributed by atoms with van der Waals surface area (Å²) in [6.45, 7) is 8.78. The maximum atomic E-state index is 4.54. The number of aromatic nitrogens is 1. The van der Waals surface area contributed by atoms with E-state index in [0.717, 1.165) is 18.8 Å². The van der Waals surface area contributed by atoms with Crippen LogP contribution in [0.3, 0.4) is 0 Å². The molecule has 0 spiro atoms. The zero-order chi connectivity index (χ0) is 9.14. The van der Waals surface area contributed by atoms with E-state index in [2.05, 4.69) is 32.7 Å². The second kappa shape index (κ2) is 4.04. The van der Waals surface area contributed by atoms with Gasteiger partial charge in [0.25, 0.3) is 0 Å². The molecular formula is C10H17NS. The molecule has 1 rings (SSSR count). The van der Waals surface area contributed by atoms with Crippen LogP contribution in [0.4, 0.5) is 0 Å². The third-order valence-electron chi connectivity index (χ3n) is 1.84. The predicted molar refractivity (Wildman–Crippen MR) is 54.8 cm³/mol. The number of nitrogens with zero attached hydrogens (tertiary/aromatic N) is 1. The lowest BCUT2D eigenvalue weighted by Gasteiger charge is -1.97. The summed E-state index contributed by atoms with van der Waals surface area (Å²) in [4.78, 5) is 5.99. The number of hydrogen-bond acceptors (Lipinski definition) is 2. The molecule has 0 amide bonds. The van der Waals surface area contributed by atoms with E-state index in [4.69, 9.17) is 0 Å². The Bertz CT molecular complexity index is 250. The summed E-state index contributed by atoms with van der Waals surface area (Å²) in [5.74, 6) is 0.722. The average molecular weight is 183 g/mol. The summed E-state index contributed by atoms with van der Waals surface area (Å²) in [7, 11) is 0. The van der Waals surface area contributed by atoms with Crippen molar-refractivity contribution in [1.82, 2.24) is 4.98 Å². The molecule has 0 N–H and O–H groups in total. The first-order valence-corrected chi connectivity index (χ1v) is 5.40.